The van der Waals surface area contributed by atoms with Crippen LogP contribution in [0, 0.1) is 11.2 Å². The van der Waals surface area contributed by atoms with E-state index in [-0.39, 0.29) is 34.8 Å². The van der Waals surface area contributed by atoms with Crippen LogP contribution in [0.25, 0.3) is 0 Å². The van der Waals surface area contributed by atoms with Gasteiger partial charge in [0.25, 0.3) is 5.91 Å². The normalized spacial score (nSPS) is 17.4. The molecule has 6 rings (SSSR count). The molecule has 2 aromatic heterocycles. The Kier molecular flexibility index (Phi) is 8.92. The molecule has 0 radical (unpaired) electrons. The van der Waals surface area contributed by atoms with Crippen LogP contribution in [-0.4, -0.2) is 94.5 Å². The lowest BCUT2D eigenvalue weighted by Gasteiger charge is -2.58. The molecule has 0 N–H and O–H groups in total. The van der Waals surface area contributed by atoms with Gasteiger partial charge in [-0.25, -0.2) is 14.4 Å². The van der Waals surface area contributed by atoms with Gasteiger partial charge in [-0.1, -0.05) is 0 Å². The molecule has 240 valence electrons. The fraction of sp³-hybridized carbons (Fsp3) is 0.529. The minimum atomic E-state index is -0.490. The largest absolute Gasteiger partial charge is 0.490 e. The molecule has 1 aromatic carbocycles. The SMILES string of the molecule is CCN(C(=O)c1cc(F)ccc1Oc1cncnc1N1CC2(CC(Oc3ccnc4c3CN(CCCN(C)C)C4)C2)C1)C(C)C. The van der Waals surface area contributed by atoms with Crippen LogP contribution in [0.4, 0.5) is 10.2 Å². The van der Waals surface area contributed by atoms with E-state index in [1.54, 1.807) is 11.1 Å². The fourth-order valence-electron chi connectivity index (χ4n) is 6.93. The van der Waals surface area contributed by atoms with Crippen LogP contribution in [0.5, 0.6) is 17.2 Å². The first-order chi connectivity index (χ1) is 21.6. The Labute approximate surface area is 265 Å². The zero-order chi connectivity index (χ0) is 31.7. The topological polar surface area (TPSA) is 87.2 Å². The number of carbonyl (C=O) groups excluding carboxylic acids is 1. The van der Waals surface area contributed by atoms with E-state index < -0.39 is 5.82 Å². The van der Waals surface area contributed by atoms with E-state index in [1.807, 2.05) is 33.0 Å². The van der Waals surface area contributed by atoms with Gasteiger partial charge in [-0.3, -0.25) is 14.7 Å². The van der Waals surface area contributed by atoms with Crippen molar-refractivity contribution in [2.75, 3.05) is 51.7 Å². The van der Waals surface area contributed by atoms with Crippen molar-refractivity contribution in [3.63, 3.8) is 0 Å². The maximum atomic E-state index is 14.3. The number of anilines is 1. The second-order valence-electron chi connectivity index (χ2n) is 13.2. The van der Waals surface area contributed by atoms with Crippen molar-refractivity contribution in [3.05, 3.63) is 65.6 Å². The highest BCUT2D eigenvalue weighted by Crippen LogP contribution is 2.52. The molecule has 4 heterocycles. The third-order valence-electron chi connectivity index (χ3n) is 9.18. The number of aromatic nitrogens is 3. The number of carbonyl (C=O) groups is 1. The van der Waals surface area contributed by atoms with Crippen molar-refractivity contribution in [2.45, 2.75) is 65.3 Å². The molecular weight excluding hydrogens is 573 g/mol. The molecule has 3 aliphatic rings. The lowest BCUT2D eigenvalue weighted by atomic mass is 9.61. The molecule has 1 spiro atoms. The number of ether oxygens (including phenoxy) is 2. The van der Waals surface area contributed by atoms with Crippen LogP contribution in [0.2, 0.25) is 0 Å². The Morgan fingerprint density at radius 2 is 1.91 bits per heavy atom. The zero-order valence-corrected chi connectivity index (χ0v) is 27.0. The summed E-state index contributed by atoms with van der Waals surface area (Å²) in [5.74, 6) is 1.60. The van der Waals surface area contributed by atoms with Gasteiger partial charge in [-0.05, 0) is 84.9 Å². The molecule has 45 heavy (non-hydrogen) atoms. The number of pyridine rings is 1. The minimum absolute atomic E-state index is 0.0333. The first-order valence-corrected chi connectivity index (χ1v) is 16.0. The zero-order valence-electron chi connectivity index (χ0n) is 27.0. The Morgan fingerprint density at radius 3 is 2.64 bits per heavy atom. The molecule has 0 unspecified atom stereocenters. The van der Waals surface area contributed by atoms with E-state index >= 15 is 0 Å². The quantitative estimate of drug-likeness (QED) is 0.279. The maximum absolute atomic E-state index is 14.3. The predicted molar refractivity (Wildman–Crippen MR) is 170 cm³/mol. The number of amides is 1. The van der Waals surface area contributed by atoms with Crippen LogP contribution in [0.1, 0.15) is 61.6 Å². The lowest BCUT2D eigenvalue weighted by Crippen LogP contribution is -2.65. The van der Waals surface area contributed by atoms with E-state index in [0.717, 1.165) is 70.0 Å². The van der Waals surface area contributed by atoms with Gasteiger partial charge < -0.3 is 24.2 Å². The van der Waals surface area contributed by atoms with Crippen LogP contribution in [0.15, 0.2) is 43.0 Å². The molecular formula is C34H44FN7O3. The smallest absolute Gasteiger partial charge is 0.257 e. The molecule has 11 heteroatoms. The maximum Gasteiger partial charge on any atom is 0.257 e. The Morgan fingerprint density at radius 1 is 1.11 bits per heavy atom. The molecule has 1 aliphatic carbocycles. The van der Waals surface area contributed by atoms with Crippen molar-refractivity contribution in [1.82, 2.24) is 29.7 Å². The number of rotatable bonds is 12. The van der Waals surface area contributed by atoms with Gasteiger partial charge >= 0.3 is 0 Å². The molecule has 1 saturated carbocycles. The average molecular weight is 618 g/mol. The fourth-order valence-corrected chi connectivity index (χ4v) is 6.93. The summed E-state index contributed by atoms with van der Waals surface area (Å²) in [6.45, 7) is 11.9. The van der Waals surface area contributed by atoms with Gasteiger partial charge in [0.05, 0.1) is 17.5 Å². The number of halogens is 1. The standard InChI is InChI=1S/C34H44FN7O3/c1-6-42(23(2)3)33(43)26-14-24(35)8-9-29(26)45-31-17-36-22-38-32(31)41-20-34(21-41)15-25(16-34)44-30-10-11-37-28-19-40(18-27(28)30)13-7-12-39(4)5/h8-11,14,17,22-23,25H,6-7,12-13,15-16,18-21H2,1-5H3. The number of nitrogens with zero attached hydrogens (tertiary/aromatic N) is 7. The molecule has 0 bridgehead atoms. The molecule has 2 aliphatic heterocycles. The van der Waals surface area contributed by atoms with E-state index in [0.29, 0.717) is 18.1 Å². The van der Waals surface area contributed by atoms with Crippen molar-refractivity contribution < 1.29 is 18.7 Å². The summed E-state index contributed by atoms with van der Waals surface area (Å²) >= 11 is 0. The molecule has 1 saturated heterocycles. The summed E-state index contributed by atoms with van der Waals surface area (Å²) < 4.78 is 27.0. The van der Waals surface area contributed by atoms with Crippen molar-refractivity contribution in [3.8, 4) is 17.2 Å². The highest BCUT2D eigenvalue weighted by Gasteiger charge is 2.54. The van der Waals surface area contributed by atoms with Gasteiger partial charge in [0, 0.05) is 62.5 Å². The van der Waals surface area contributed by atoms with Crippen LogP contribution >= 0.6 is 0 Å². The second kappa shape index (κ2) is 12.9. The highest BCUT2D eigenvalue weighted by molar-refractivity contribution is 5.97. The molecule has 10 nitrogen and oxygen atoms in total. The summed E-state index contributed by atoms with van der Waals surface area (Å²) in [7, 11) is 4.22. The van der Waals surface area contributed by atoms with Gasteiger partial charge in [-0.15, -0.1) is 0 Å². The molecule has 1 amide bonds. The summed E-state index contributed by atoms with van der Waals surface area (Å²) in [5.41, 5.74) is 2.72. The van der Waals surface area contributed by atoms with Crippen LogP contribution in [0.3, 0.4) is 0 Å². The summed E-state index contributed by atoms with van der Waals surface area (Å²) in [5, 5.41) is 0. The van der Waals surface area contributed by atoms with Crippen molar-refractivity contribution in [2.24, 2.45) is 5.41 Å². The number of hydrogen-bond acceptors (Lipinski definition) is 9. The second-order valence-corrected chi connectivity index (χ2v) is 13.2. The summed E-state index contributed by atoms with van der Waals surface area (Å²) in [6, 6.07) is 6.02. The average Bonchev–Trinajstić information content (AvgIpc) is 3.38. The highest BCUT2D eigenvalue weighted by atomic mass is 19.1. The third kappa shape index (κ3) is 6.60. The Hall–Kier alpha value is -3.83. The first-order valence-electron chi connectivity index (χ1n) is 16.0. The predicted octanol–water partition coefficient (Wildman–Crippen LogP) is 4.99. The van der Waals surface area contributed by atoms with Crippen LogP contribution in [-0.2, 0) is 13.1 Å². The number of hydrogen-bond donors (Lipinski definition) is 0. The number of fused-ring (bicyclic) bond motifs is 1. The van der Waals surface area contributed by atoms with Gasteiger partial charge in [0.15, 0.2) is 11.6 Å². The molecule has 3 aromatic rings. The van der Waals surface area contributed by atoms with Gasteiger partial charge in [0.1, 0.15) is 29.7 Å². The molecule has 0 atom stereocenters. The summed E-state index contributed by atoms with van der Waals surface area (Å²) in [4.78, 5) is 35.2. The monoisotopic (exact) mass is 617 g/mol. The van der Waals surface area contributed by atoms with E-state index in [9.17, 15) is 9.18 Å². The van der Waals surface area contributed by atoms with Gasteiger partial charge in [-0.2, -0.15) is 0 Å². The van der Waals surface area contributed by atoms with E-state index in [4.69, 9.17) is 9.47 Å². The summed E-state index contributed by atoms with van der Waals surface area (Å²) in [6.07, 6.45) is 8.25. The van der Waals surface area contributed by atoms with E-state index in [1.165, 1.54) is 30.1 Å². The third-order valence-corrected chi connectivity index (χ3v) is 9.18. The minimum Gasteiger partial charge on any atom is -0.490 e. The number of benzene rings is 1. The van der Waals surface area contributed by atoms with Crippen LogP contribution < -0.4 is 14.4 Å². The van der Waals surface area contributed by atoms with Gasteiger partial charge in [0.2, 0.25) is 0 Å². The lowest BCUT2D eigenvalue weighted by molar-refractivity contribution is -0.0349. The molecule has 2 fully saturated rings. The van der Waals surface area contributed by atoms with Crippen molar-refractivity contribution >= 4 is 11.7 Å². The first kappa shape index (κ1) is 31.2. The van der Waals surface area contributed by atoms with E-state index in [2.05, 4.69) is 43.7 Å². The Bertz CT molecular complexity index is 1520. The Balaban J connectivity index is 1.07. The van der Waals surface area contributed by atoms with Crippen molar-refractivity contribution in [1.29, 1.82) is 0 Å².